The van der Waals surface area contributed by atoms with Crippen LogP contribution in [0, 0.1) is 10.1 Å². The molecule has 1 fully saturated rings. The van der Waals surface area contributed by atoms with Gasteiger partial charge in [0, 0.05) is 44.9 Å². The predicted molar refractivity (Wildman–Crippen MR) is 80.5 cm³/mol. The van der Waals surface area contributed by atoms with Crippen LogP contribution >= 0.6 is 11.6 Å². The molecule has 0 atom stereocenters. The molecule has 0 saturated carbocycles. The van der Waals surface area contributed by atoms with E-state index in [1.165, 1.54) is 12.1 Å². The average molecular weight is 299 g/mol. The molecule has 0 spiro atoms. The number of hydrogen-bond donors (Lipinski definition) is 2. The van der Waals surface area contributed by atoms with Gasteiger partial charge in [0.15, 0.2) is 0 Å². The minimum atomic E-state index is -0.444. The van der Waals surface area contributed by atoms with Crippen molar-refractivity contribution in [1.29, 1.82) is 0 Å². The summed E-state index contributed by atoms with van der Waals surface area (Å²) in [5.41, 5.74) is 0.763. The molecule has 0 radical (unpaired) electrons. The average Bonchev–Trinajstić information content (AvgIpc) is 2.46. The molecule has 110 valence electrons. The van der Waals surface area contributed by atoms with Crippen LogP contribution in [0.2, 0.25) is 5.02 Å². The zero-order valence-corrected chi connectivity index (χ0v) is 12.0. The summed E-state index contributed by atoms with van der Waals surface area (Å²) in [5.74, 6) is 0. The summed E-state index contributed by atoms with van der Waals surface area (Å²) in [5, 5.41) is 17.6. The van der Waals surface area contributed by atoms with Gasteiger partial charge >= 0.3 is 0 Å². The second-order valence-corrected chi connectivity index (χ2v) is 5.20. The third-order valence-corrected chi connectivity index (χ3v) is 3.65. The molecule has 0 aliphatic carbocycles. The molecule has 1 aromatic rings. The summed E-state index contributed by atoms with van der Waals surface area (Å²) in [6.07, 6.45) is 1.02. The van der Waals surface area contributed by atoms with Gasteiger partial charge in [0.05, 0.1) is 15.6 Å². The highest BCUT2D eigenvalue weighted by Gasteiger charge is 2.10. The number of hydrogen-bond acceptors (Lipinski definition) is 5. The maximum atomic E-state index is 10.6. The van der Waals surface area contributed by atoms with Gasteiger partial charge in [-0.2, -0.15) is 0 Å². The minimum Gasteiger partial charge on any atom is -0.384 e. The zero-order chi connectivity index (χ0) is 14.4. The fraction of sp³-hybridized carbons (Fsp3) is 0.538. The van der Waals surface area contributed by atoms with Crippen LogP contribution in [-0.4, -0.2) is 49.1 Å². The van der Waals surface area contributed by atoms with Gasteiger partial charge in [-0.1, -0.05) is 11.6 Å². The molecule has 6 nitrogen and oxygen atoms in total. The molecule has 0 bridgehead atoms. The number of anilines is 1. The fourth-order valence-electron chi connectivity index (χ4n) is 2.22. The third-order valence-electron chi connectivity index (χ3n) is 3.34. The van der Waals surface area contributed by atoms with E-state index in [1.54, 1.807) is 6.07 Å². The van der Waals surface area contributed by atoms with E-state index in [4.69, 9.17) is 11.6 Å². The lowest BCUT2D eigenvalue weighted by Gasteiger charge is -2.27. The van der Waals surface area contributed by atoms with E-state index in [9.17, 15) is 10.1 Å². The van der Waals surface area contributed by atoms with Crippen LogP contribution in [-0.2, 0) is 0 Å². The molecule has 1 aliphatic rings. The van der Waals surface area contributed by atoms with Gasteiger partial charge in [-0.25, -0.2) is 0 Å². The van der Waals surface area contributed by atoms with Crippen molar-refractivity contribution in [2.75, 3.05) is 44.6 Å². The Morgan fingerprint density at radius 2 is 2.15 bits per heavy atom. The number of nitrogens with one attached hydrogen (secondary N) is 2. The zero-order valence-electron chi connectivity index (χ0n) is 11.3. The van der Waals surface area contributed by atoms with Crippen molar-refractivity contribution < 1.29 is 4.92 Å². The van der Waals surface area contributed by atoms with Gasteiger partial charge in [-0.05, 0) is 19.0 Å². The molecule has 20 heavy (non-hydrogen) atoms. The van der Waals surface area contributed by atoms with Gasteiger partial charge in [0.1, 0.15) is 0 Å². The number of piperazine rings is 1. The maximum absolute atomic E-state index is 10.6. The summed E-state index contributed by atoms with van der Waals surface area (Å²) >= 11 is 6.02. The SMILES string of the molecule is O=[N+]([O-])c1ccc(NCCCN2CCNCC2)c(Cl)c1. The van der Waals surface area contributed by atoms with Crippen molar-refractivity contribution in [2.24, 2.45) is 0 Å². The molecule has 2 rings (SSSR count). The summed E-state index contributed by atoms with van der Waals surface area (Å²) in [6, 6.07) is 4.50. The van der Waals surface area contributed by atoms with Crippen LogP contribution in [0.3, 0.4) is 0 Å². The van der Waals surface area contributed by atoms with Gasteiger partial charge in [-0.15, -0.1) is 0 Å². The molecule has 7 heteroatoms. The Hall–Kier alpha value is -1.37. The van der Waals surface area contributed by atoms with Crippen molar-refractivity contribution in [3.05, 3.63) is 33.3 Å². The standard InChI is InChI=1S/C13H19ClN4O2/c14-12-10-11(18(19)20)2-3-13(12)16-4-1-7-17-8-5-15-6-9-17/h2-3,10,15-16H,1,4-9H2. The molecular weight excluding hydrogens is 280 g/mol. The number of rotatable bonds is 6. The fourth-order valence-corrected chi connectivity index (χ4v) is 2.46. The Morgan fingerprint density at radius 1 is 1.40 bits per heavy atom. The first-order valence-corrected chi connectivity index (χ1v) is 7.15. The van der Waals surface area contributed by atoms with E-state index in [0.29, 0.717) is 5.02 Å². The Kier molecular flexibility index (Phi) is 5.58. The predicted octanol–water partition coefficient (Wildman–Crippen LogP) is 1.96. The number of nitro benzene ring substituents is 1. The normalized spacial score (nSPS) is 16.1. The van der Waals surface area contributed by atoms with Crippen molar-refractivity contribution in [1.82, 2.24) is 10.2 Å². The first-order chi connectivity index (χ1) is 9.66. The Morgan fingerprint density at radius 3 is 2.80 bits per heavy atom. The summed E-state index contributed by atoms with van der Waals surface area (Å²) in [6.45, 7) is 6.17. The highest BCUT2D eigenvalue weighted by Crippen LogP contribution is 2.26. The van der Waals surface area contributed by atoms with E-state index in [2.05, 4.69) is 15.5 Å². The second-order valence-electron chi connectivity index (χ2n) is 4.79. The van der Waals surface area contributed by atoms with Gasteiger partial charge in [0.25, 0.3) is 5.69 Å². The van der Waals surface area contributed by atoms with Gasteiger partial charge in [-0.3, -0.25) is 10.1 Å². The smallest absolute Gasteiger partial charge is 0.271 e. The molecule has 0 aromatic heterocycles. The largest absolute Gasteiger partial charge is 0.384 e. The minimum absolute atomic E-state index is 0.0152. The molecular formula is C13H19ClN4O2. The van der Waals surface area contributed by atoms with Crippen LogP contribution in [0.15, 0.2) is 18.2 Å². The van der Waals surface area contributed by atoms with Gasteiger partial charge in [0.2, 0.25) is 0 Å². The van der Waals surface area contributed by atoms with Crippen LogP contribution < -0.4 is 10.6 Å². The molecule has 2 N–H and O–H groups in total. The molecule has 1 aliphatic heterocycles. The van der Waals surface area contributed by atoms with E-state index in [1.807, 2.05) is 0 Å². The molecule has 1 saturated heterocycles. The van der Waals surface area contributed by atoms with Crippen LogP contribution in [0.25, 0.3) is 0 Å². The highest BCUT2D eigenvalue weighted by atomic mass is 35.5. The number of nitro groups is 1. The lowest BCUT2D eigenvalue weighted by molar-refractivity contribution is -0.384. The van der Waals surface area contributed by atoms with E-state index >= 15 is 0 Å². The number of non-ortho nitro benzene ring substituents is 1. The Balaban J connectivity index is 1.74. The first-order valence-electron chi connectivity index (χ1n) is 6.78. The lowest BCUT2D eigenvalue weighted by Crippen LogP contribution is -2.44. The molecule has 0 unspecified atom stereocenters. The van der Waals surface area contributed by atoms with E-state index in [0.717, 1.165) is 51.4 Å². The quantitative estimate of drug-likeness (QED) is 0.477. The second kappa shape index (κ2) is 7.42. The highest BCUT2D eigenvalue weighted by molar-refractivity contribution is 6.33. The third kappa shape index (κ3) is 4.33. The van der Waals surface area contributed by atoms with Crippen molar-refractivity contribution in [3.63, 3.8) is 0 Å². The van der Waals surface area contributed by atoms with Crippen molar-refractivity contribution in [3.8, 4) is 0 Å². The van der Waals surface area contributed by atoms with E-state index < -0.39 is 4.92 Å². The maximum Gasteiger partial charge on any atom is 0.271 e. The van der Waals surface area contributed by atoms with Crippen molar-refractivity contribution >= 4 is 23.0 Å². The molecule has 1 heterocycles. The summed E-state index contributed by atoms with van der Waals surface area (Å²) < 4.78 is 0. The van der Waals surface area contributed by atoms with Crippen molar-refractivity contribution in [2.45, 2.75) is 6.42 Å². The van der Waals surface area contributed by atoms with Crippen LogP contribution in [0.5, 0.6) is 0 Å². The first kappa shape index (κ1) is 15.0. The lowest BCUT2D eigenvalue weighted by atomic mass is 10.2. The van der Waals surface area contributed by atoms with E-state index in [-0.39, 0.29) is 5.69 Å². The Bertz CT molecular complexity index is 464. The van der Waals surface area contributed by atoms with Crippen LogP contribution in [0.4, 0.5) is 11.4 Å². The number of halogens is 1. The Labute approximate surface area is 123 Å². The monoisotopic (exact) mass is 298 g/mol. The van der Waals surface area contributed by atoms with Crippen LogP contribution in [0.1, 0.15) is 6.42 Å². The topological polar surface area (TPSA) is 70.4 Å². The molecule has 1 aromatic carbocycles. The van der Waals surface area contributed by atoms with Gasteiger partial charge < -0.3 is 15.5 Å². The summed E-state index contributed by atoms with van der Waals surface area (Å²) in [4.78, 5) is 12.6. The number of benzene rings is 1. The molecule has 0 amide bonds. The number of nitrogens with zero attached hydrogens (tertiary/aromatic N) is 2. The summed E-state index contributed by atoms with van der Waals surface area (Å²) in [7, 11) is 0.